The molecule has 1 aromatic carbocycles. The number of rotatable bonds is 6. The van der Waals surface area contributed by atoms with Crippen LogP contribution in [0.5, 0.6) is 0 Å². The zero-order valence-corrected chi connectivity index (χ0v) is 18.4. The van der Waals surface area contributed by atoms with Gasteiger partial charge in [-0.3, -0.25) is 14.3 Å². The van der Waals surface area contributed by atoms with Crippen LogP contribution in [-0.2, 0) is 4.79 Å². The molecular weight excluding hydrogens is 418 g/mol. The highest BCUT2D eigenvalue weighted by molar-refractivity contribution is 7.99. The Morgan fingerprint density at radius 2 is 2.00 bits per heavy atom. The average molecular weight is 442 g/mol. The fourth-order valence-corrected chi connectivity index (χ4v) is 4.76. The first kappa shape index (κ1) is 20.9. The molecule has 1 amide bonds. The highest BCUT2D eigenvalue weighted by atomic mass is 35.5. The molecule has 1 N–H and O–H groups in total. The largest absolute Gasteiger partial charge is 0.352 e. The van der Waals surface area contributed by atoms with Gasteiger partial charge in [-0.1, -0.05) is 49.2 Å². The van der Waals surface area contributed by atoms with Gasteiger partial charge in [-0.15, -0.1) is 10.2 Å². The van der Waals surface area contributed by atoms with Crippen molar-refractivity contribution in [2.45, 2.75) is 43.8 Å². The molecule has 0 radical (unpaired) electrons. The molecule has 30 heavy (non-hydrogen) atoms. The summed E-state index contributed by atoms with van der Waals surface area (Å²) in [6, 6.07) is 11.6. The van der Waals surface area contributed by atoms with Crippen LogP contribution in [0.25, 0.3) is 17.1 Å². The third-order valence-electron chi connectivity index (χ3n) is 5.43. The van der Waals surface area contributed by atoms with Crippen molar-refractivity contribution in [1.29, 1.82) is 0 Å². The number of hydrogen-bond donors (Lipinski definition) is 1. The fourth-order valence-electron chi connectivity index (χ4n) is 3.81. The first-order valence-corrected chi connectivity index (χ1v) is 11.5. The Labute approximate surface area is 185 Å². The molecule has 0 bridgehead atoms. The summed E-state index contributed by atoms with van der Waals surface area (Å²) >= 11 is 7.61. The summed E-state index contributed by atoms with van der Waals surface area (Å²) in [5, 5.41) is 13.2. The second kappa shape index (κ2) is 9.62. The minimum absolute atomic E-state index is 0.0323. The second-order valence-electron chi connectivity index (χ2n) is 7.58. The zero-order valence-electron chi connectivity index (χ0n) is 16.8. The van der Waals surface area contributed by atoms with Crippen molar-refractivity contribution in [3.05, 3.63) is 53.8 Å². The van der Waals surface area contributed by atoms with Gasteiger partial charge in [-0.2, -0.15) is 0 Å². The van der Waals surface area contributed by atoms with Crippen LogP contribution in [0.2, 0.25) is 5.02 Å². The average Bonchev–Trinajstić information content (AvgIpc) is 3.18. The standard InChI is InChI=1S/C22H24ClN5OS/c1-15-5-2-3-8-19(15)25-20(29)14-30-22-27-26-21(16-9-11-24-12-10-16)28(22)18-7-4-6-17(23)13-18/h4,6-7,9-13,15,19H,2-3,5,8,14H2,1H3,(H,25,29)/t15-,19-/m1/s1. The van der Waals surface area contributed by atoms with Gasteiger partial charge in [0.05, 0.1) is 11.4 Å². The van der Waals surface area contributed by atoms with Crippen molar-refractivity contribution in [3.8, 4) is 17.1 Å². The molecular formula is C22H24ClN5OS. The molecule has 2 atom stereocenters. The number of aromatic nitrogens is 4. The molecule has 3 aromatic rings. The molecule has 1 saturated carbocycles. The van der Waals surface area contributed by atoms with Gasteiger partial charge in [0.15, 0.2) is 11.0 Å². The summed E-state index contributed by atoms with van der Waals surface area (Å²) in [4.78, 5) is 16.7. The van der Waals surface area contributed by atoms with Gasteiger partial charge in [0, 0.05) is 29.0 Å². The summed E-state index contributed by atoms with van der Waals surface area (Å²) in [7, 11) is 0. The van der Waals surface area contributed by atoms with E-state index in [1.54, 1.807) is 12.4 Å². The van der Waals surface area contributed by atoms with E-state index in [9.17, 15) is 4.79 Å². The first-order chi connectivity index (χ1) is 14.6. The van der Waals surface area contributed by atoms with E-state index in [0.29, 0.717) is 21.9 Å². The first-order valence-electron chi connectivity index (χ1n) is 10.2. The predicted molar refractivity (Wildman–Crippen MR) is 120 cm³/mol. The van der Waals surface area contributed by atoms with Crippen LogP contribution in [0.3, 0.4) is 0 Å². The van der Waals surface area contributed by atoms with Gasteiger partial charge in [-0.25, -0.2) is 0 Å². The molecule has 0 spiro atoms. The van der Waals surface area contributed by atoms with Gasteiger partial charge in [0.2, 0.25) is 5.91 Å². The van der Waals surface area contributed by atoms with E-state index < -0.39 is 0 Å². The van der Waals surface area contributed by atoms with Crippen LogP contribution in [-0.4, -0.2) is 37.5 Å². The lowest BCUT2D eigenvalue weighted by Gasteiger charge is -2.29. The maximum atomic E-state index is 12.6. The number of pyridine rings is 1. The minimum atomic E-state index is 0.0323. The number of halogens is 1. The van der Waals surface area contributed by atoms with Gasteiger partial charge in [-0.05, 0) is 49.1 Å². The highest BCUT2D eigenvalue weighted by Gasteiger charge is 2.23. The number of amides is 1. The summed E-state index contributed by atoms with van der Waals surface area (Å²) in [6.07, 6.45) is 8.11. The lowest BCUT2D eigenvalue weighted by atomic mass is 9.86. The van der Waals surface area contributed by atoms with Gasteiger partial charge in [0.1, 0.15) is 0 Å². The number of carbonyl (C=O) groups is 1. The molecule has 1 fully saturated rings. The summed E-state index contributed by atoms with van der Waals surface area (Å²) in [5.74, 6) is 1.53. The normalized spacial score (nSPS) is 18.9. The third-order valence-corrected chi connectivity index (χ3v) is 6.59. The van der Waals surface area contributed by atoms with Crippen LogP contribution in [0.15, 0.2) is 53.9 Å². The van der Waals surface area contributed by atoms with Gasteiger partial charge < -0.3 is 5.32 Å². The van der Waals surface area contributed by atoms with E-state index >= 15 is 0 Å². The number of carbonyl (C=O) groups excluding carboxylic acids is 1. The van der Waals surface area contributed by atoms with Crippen molar-refractivity contribution < 1.29 is 4.79 Å². The van der Waals surface area contributed by atoms with Crippen LogP contribution in [0.1, 0.15) is 32.6 Å². The van der Waals surface area contributed by atoms with E-state index in [4.69, 9.17) is 11.6 Å². The highest BCUT2D eigenvalue weighted by Crippen LogP contribution is 2.29. The maximum absolute atomic E-state index is 12.6. The molecule has 1 aliphatic carbocycles. The molecule has 0 saturated heterocycles. The van der Waals surface area contributed by atoms with E-state index in [1.807, 2.05) is 41.0 Å². The van der Waals surface area contributed by atoms with E-state index in [0.717, 1.165) is 17.7 Å². The lowest BCUT2D eigenvalue weighted by molar-refractivity contribution is -0.119. The lowest BCUT2D eigenvalue weighted by Crippen LogP contribution is -2.41. The topological polar surface area (TPSA) is 72.7 Å². The molecule has 2 aromatic heterocycles. The molecule has 1 aliphatic rings. The Bertz CT molecular complexity index is 1010. The Morgan fingerprint density at radius 3 is 2.77 bits per heavy atom. The Hall–Kier alpha value is -2.38. The van der Waals surface area contributed by atoms with Gasteiger partial charge in [0.25, 0.3) is 0 Å². The van der Waals surface area contributed by atoms with Crippen LogP contribution >= 0.6 is 23.4 Å². The maximum Gasteiger partial charge on any atom is 0.230 e. The molecule has 156 valence electrons. The number of nitrogens with one attached hydrogen (secondary N) is 1. The molecule has 8 heteroatoms. The molecule has 0 unspecified atom stereocenters. The number of nitrogens with zero attached hydrogens (tertiary/aromatic N) is 4. The Balaban J connectivity index is 1.56. The van der Waals surface area contributed by atoms with Crippen molar-refractivity contribution >= 4 is 29.3 Å². The summed E-state index contributed by atoms with van der Waals surface area (Å²) < 4.78 is 1.93. The molecule has 0 aliphatic heterocycles. The third kappa shape index (κ3) is 4.84. The quantitative estimate of drug-likeness (QED) is 0.558. The van der Waals surface area contributed by atoms with Crippen LogP contribution in [0.4, 0.5) is 0 Å². The Kier molecular flexibility index (Phi) is 6.69. The number of thioether (sulfide) groups is 1. The summed E-state index contributed by atoms with van der Waals surface area (Å²) in [5.41, 5.74) is 1.74. The van der Waals surface area contributed by atoms with E-state index in [1.165, 1.54) is 31.0 Å². The monoisotopic (exact) mass is 441 g/mol. The van der Waals surface area contributed by atoms with E-state index in [2.05, 4.69) is 27.4 Å². The fraction of sp³-hybridized carbons (Fsp3) is 0.364. The molecule has 2 heterocycles. The van der Waals surface area contributed by atoms with Crippen molar-refractivity contribution in [1.82, 2.24) is 25.1 Å². The second-order valence-corrected chi connectivity index (χ2v) is 8.96. The number of benzene rings is 1. The van der Waals surface area contributed by atoms with Crippen molar-refractivity contribution in [2.24, 2.45) is 5.92 Å². The smallest absolute Gasteiger partial charge is 0.230 e. The van der Waals surface area contributed by atoms with Crippen LogP contribution < -0.4 is 5.32 Å². The SMILES string of the molecule is C[C@@H]1CCCC[C@H]1NC(=O)CSc1nnc(-c2ccncc2)n1-c1cccc(Cl)c1. The zero-order chi connectivity index (χ0) is 20.9. The van der Waals surface area contributed by atoms with Gasteiger partial charge >= 0.3 is 0 Å². The van der Waals surface area contributed by atoms with Crippen LogP contribution in [0, 0.1) is 5.92 Å². The molecule has 4 rings (SSSR count). The minimum Gasteiger partial charge on any atom is -0.352 e. The van der Waals surface area contributed by atoms with E-state index in [-0.39, 0.29) is 17.7 Å². The van der Waals surface area contributed by atoms with Crippen molar-refractivity contribution in [2.75, 3.05) is 5.75 Å². The number of hydrogen-bond acceptors (Lipinski definition) is 5. The predicted octanol–water partition coefficient (Wildman–Crippen LogP) is 4.77. The Morgan fingerprint density at radius 1 is 1.20 bits per heavy atom. The summed E-state index contributed by atoms with van der Waals surface area (Å²) in [6.45, 7) is 2.22. The van der Waals surface area contributed by atoms with Crippen molar-refractivity contribution in [3.63, 3.8) is 0 Å². The molecule has 6 nitrogen and oxygen atoms in total.